The van der Waals surface area contributed by atoms with Crippen LogP contribution in [-0.4, -0.2) is 68.5 Å². The standard InChI is InChI=1S/C28H33N2O7/c1-12-13-7-8-15(27(2)9-5-6-10-27)21(31)17(13)22(32)18-14(12)11-16-20(30(3)4)23(33)19(26(29)36)25(35)28(16,37)24(18)34/h7-8,11-12,14,16,20,31-32,35,37H,5-6,9-10H2,1-4H3,(H2,29,36)/t12?,14?,16?,20-,28-/m0/s1. The summed E-state index contributed by atoms with van der Waals surface area (Å²) in [5.41, 5.74) is 2.88. The van der Waals surface area contributed by atoms with Gasteiger partial charge in [-0.1, -0.05) is 38.8 Å². The number of nitrogens with two attached hydrogens (primary N) is 1. The van der Waals surface area contributed by atoms with Gasteiger partial charge in [0.05, 0.1) is 11.6 Å². The summed E-state index contributed by atoms with van der Waals surface area (Å²) in [6, 6.07) is 2.60. The van der Waals surface area contributed by atoms with Crippen LogP contribution in [0.5, 0.6) is 5.75 Å². The van der Waals surface area contributed by atoms with Gasteiger partial charge in [0.15, 0.2) is 11.4 Å². The number of rotatable bonds is 3. The molecule has 6 N–H and O–H groups in total. The van der Waals surface area contributed by atoms with Crippen LogP contribution in [0.4, 0.5) is 0 Å². The van der Waals surface area contributed by atoms with Gasteiger partial charge in [-0.25, -0.2) is 0 Å². The fraction of sp³-hybridized carbons (Fsp3) is 0.500. The van der Waals surface area contributed by atoms with E-state index in [1.807, 2.05) is 19.1 Å². The van der Waals surface area contributed by atoms with Gasteiger partial charge in [-0.05, 0) is 50.3 Å². The van der Waals surface area contributed by atoms with Crippen molar-refractivity contribution >= 4 is 23.2 Å². The van der Waals surface area contributed by atoms with E-state index < -0.39 is 64.0 Å². The van der Waals surface area contributed by atoms with E-state index in [-0.39, 0.29) is 22.3 Å². The highest BCUT2D eigenvalue weighted by atomic mass is 16.3. The third-order valence-electron chi connectivity index (χ3n) is 9.17. The number of carbonyl (C=O) groups excluding carboxylic acids is 3. The number of phenols is 1. The number of carbonyl (C=O) groups is 3. The second-order valence-electron chi connectivity index (χ2n) is 11.4. The highest BCUT2D eigenvalue weighted by Gasteiger charge is 2.65. The zero-order valence-corrected chi connectivity index (χ0v) is 21.4. The lowest BCUT2D eigenvalue weighted by Crippen LogP contribution is -2.66. The summed E-state index contributed by atoms with van der Waals surface area (Å²) in [7, 11) is 3.13. The highest BCUT2D eigenvalue weighted by Crippen LogP contribution is 2.57. The van der Waals surface area contributed by atoms with E-state index in [9.17, 15) is 34.8 Å². The molecule has 3 unspecified atom stereocenters. The maximum Gasteiger partial charge on any atom is 0.255 e. The number of Topliss-reactive ketones (excluding diaryl/α,β-unsaturated/α-hetero) is 2. The highest BCUT2D eigenvalue weighted by molar-refractivity contribution is 6.24. The molecule has 5 rings (SSSR count). The first-order chi connectivity index (χ1) is 17.3. The van der Waals surface area contributed by atoms with Crippen LogP contribution in [-0.2, 0) is 19.8 Å². The zero-order chi connectivity index (χ0) is 27.2. The molecule has 4 aliphatic rings. The zero-order valence-electron chi connectivity index (χ0n) is 21.4. The second-order valence-corrected chi connectivity index (χ2v) is 11.4. The molecule has 2 saturated carbocycles. The average Bonchev–Trinajstić information content (AvgIpc) is 3.26. The molecule has 0 saturated heterocycles. The van der Waals surface area contributed by atoms with Crippen molar-refractivity contribution in [2.75, 3.05) is 14.1 Å². The molecule has 37 heavy (non-hydrogen) atoms. The van der Waals surface area contributed by atoms with Crippen molar-refractivity contribution in [3.05, 3.63) is 52.1 Å². The van der Waals surface area contributed by atoms with Crippen molar-refractivity contribution in [2.45, 2.75) is 62.5 Å². The van der Waals surface area contributed by atoms with Gasteiger partial charge in [0.2, 0.25) is 5.78 Å². The molecular formula is C28H33N2O7. The molecule has 9 heteroatoms. The van der Waals surface area contributed by atoms with Gasteiger partial charge in [0.1, 0.15) is 22.8 Å². The van der Waals surface area contributed by atoms with Crippen molar-refractivity contribution < 1.29 is 34.8 Å². The first-order valence-electron chi connectivity index (χ1n) is 12.6. The van der Waals surface area contributed by atoms with Gasteiger partial charge in [-0.2, -0.15) is 0 Å². The van der Waals surface area contributed by atoms with E-state index in [4.69, 9.17) is 5.73 Å². The minimum atomic E-state index is -2.69. The van der Waals surface area contributed by atoms with Crippen LogP contribution in [0.25, 0.3) is 5.76 Å². The van der Waals surface area contributed by atoms with Crippen LogP contribution in [0.3, 0.4) is 0 Å². The number of primary amides is 1. The molecule has 9 nitrogen and oxygen atoms in total. The van der Waals surface area contributed by atoms with E-state index in [0.29, 0.717) is 11.1 Å². The summed E-state index contributed by atoms with van der Waals surface area (Å²) < 4.78 is 0. The van der Waals surface area contributed by atoms with Crippen molar-refractivity contribution in [2.24, 2.45) is 17.6 Å². The molecule has 5 atom stereocenters. The topological polar surface area (TPSA) is 161 Å². The van der Waals surface area contributed by atoms with Gasteiger partial charge in [0, 0.05) is 23.0 Å². The Morgan fingerprint density at radius 2 is 1.73 bits per heavy atom. The van der Waals surface area contributed by atoms with E-state index >= 15 is 0 Å². The minimum absolute atomic E-state index is 0.0957. The maximum absolute atomic E-state index is 14.0. The lowest BCUT2D eigenvalue weighted by atomic mass is 9.55. The predicted octanol–water partition coefficient (Wildman–Crippen LogP) is 2.17. The smallest absolute Gasteiger partial charge is 0.255 e. The molecular weight excluding hydrogens is 476 g/mol. The first-order valence-corrected chi connectivity index (χ1v) is 12.6. The van der Waals surface area contributed by atoms with Crippen LogP contribution in [0, 0.1) is 18.3 Å². The minimum Gasteiger partial charge on any atom is -0.508 e. The fourth-order valence-corrected chi connectivity index (χ4v) is 7.14. The van der Waals surface area contributed by atoms with Gasteiger partial charge in [0.25, 0.3) is 5.91 Å². The number of phenolic OH excluding ortho intramolecular Hbond substituents is 1. The Morgan fingerprint density at radius 1 is 1.11 bits per heavy atom. The largest absolute Gasteiger partial charge is 0.508 e. The van der Waals surface area contributed by atoms with Crippen LogP contribution in [0.15, 0.2) is 29.0 Å². The predicted molar refractivity (Wildman–Crippen MR) is 134 cm³/mol. The first kappa shape index (κ1) is 25.5. The number of hydrogen-bond donors (Lipinski definition) is 5. The van der Waals surface area contributed by atoms with Gasteiger partial charge in [-0.15, -0.1) is 0 Å². The lowest BCUT2D eigenvalue weighted by Gasteiger charge is -2.51. The molecule has 0 bridgehead atoms. The number of aromatic hydroxyl groups is 1. The number of hydrogen-bond acceptors (Lipinski definition) is 8. The maximum atomic E-state index is 14.0. The van der Waals surface area contributed by atoms with Crippen LogP contribution >= 0.6 is 0 Å². The number of ketones is 2. The summed E-state index contributed by atoms with van der Waals surface area (Å²) in [5, 5.41) is 45.5. The average molecular weight is 510 g/mol. The summed E-state index contributed by atoms with van der Waals surface area (Å²) in [6.45, 7) is 3.92. The molecule has 0 aromatic heterocycles. The lowest BCUT2D eigenvalue weighted by molar-refractivity contribution is -0.149. The van der Waals surface area contributed by atoms with E-state index in [1.54, 1.807) is 20.5 Å². The molecule has 0 spiro atoms. The quantitative estimate of drug-likeness (QED) is 0.387. The Morgan fingerprint density at radius 3 is 2.30 bits per heavy atom. The van der Waals surface area contributed by atoms with Crippen LogP contribution in [0.1, 0.15) is 62.1 Å². The number of fused-ring (bicyclic) bond motifs is 3. The van der Waals surface area contributed by atoms with Crippen LogP contribution < -0.4 is 5.73 Å². The Balaban J connectivity index is 1.74. The fourth-order valence-electron chi connectivity index (χ4n) is 7.14. The second kappa shape index (κ2) is 8.16. The monoisotopic (exact) mass is 509 g/mol. The molecule has 2 fully saturated rings. The summed E-state index contributed by atoms with van der Waals surface area (Å²) >= 11 is 0. The van der Waals surface area contributed by atoms with Gasteiger partial charge in [-0.3, -0.25) is 19.3 Å². The van der Waals surface area contributed by atoms with E-state index in [0.717, 1.165) is 25.7 Å². The molecule has 0 aliphatic heterocycles. The Bertz CT molecular complexity index is 1300. The molecule has 1 amide bonds. The third kappa shape index (κ3) is 3.19. The summed E-state index contributed by atoms with van der Waals surface area (Å²) in [4.78, 5) is 40.7. The van der Waals surface area contributed by atoms with Crippen molar-refractivity contribution in [1.29, 1.82) is 0 Å². The molecule has 1 aromatic rings. The number of benzene rings is 1. The summed E-state index contributed by atoms with van der Waals surface area (Å²) in [5.74, 6) is -7.06. The SMILES string of the molecule is CC1c2ccc(C3(C)CCCC3)c(O)c2C(O)=C2C(=O)[C@]3(O)C(O)=C(C(N)=O)C(=O)[C@@H](N(C)C)C3[CH]C21. The summed E-state index contributed by atoms with van der Waals surface area (Å²) in [6.07, 6.45) is 5.43. The Labute approximate surface area is 215 Å². The number of amides is 1. The van der Waals surface area contributed by atoms with E-state index in [2.05, 4.69) is 6.92 Å². The van der Waals surface area contributed by atoms with Crippen molar-refractivity contribution in [1.82, 2.24) is 4.90 Å². The molecule has 4 aliphatic carbocycles. The van der Waals surface area contributed by atoms with Gasteiger partial charge < -0.3 is 26.2 Å². The third-order valence-corrected chi connectivity index (χ3v) is 9.17. The molecule has 197 valence electrons. The number of aliphatic hydroxyl groups excluding tert-OH is 2. The number of aliphatic hydroxyl groups is 3. The molecule has 1 radical (unpaired) electrons. The normalized spacial score (nSPS) is 32.9. The van der Waals surface area contributed by atoms with Crippen molar-refractivity contribution in [3.63, 3.8) is 0 Å². The van der Waals surface area contributed by atoms with Crippen molar-refractivity contribution in [3.8, 4) is 5.75 Å². The molecule has 1 aromatic carbocycles. The van der Waals surface area contributed by atoms with E-state index in [1.165, 1.54) is 4.90 Å². The van der Waals surface area contributed by atoms with Gasteiger partial charge >= 0.3 is 0 Å². The van der Waals surface area contributed by atoms with Crippen LogP contribution in [0.2, 0.25) is 0 Å². The Hall–Kier alpha value is -3.17. The number of nitrogens with zero attached hydrogens (tertiary/aromatic N) is 1. The Kier molecular flexibility index (Phi) is 5.62. The molecule has 0 heterocycles. The number of likely N-dealkylation sites (N-methyl/N-ethyl adjacent to an activating group) is 1.